The van der Waals surface area contributed by atoms with Gasteiger partial charge in [0.05, 0.1) is 0 Å². The van der Waals surface area contributed by atoms with Gasteiger partial charge in [0.2, 0.25) is 0 Å². The van der Waals surface area contributed by atoms with E-state index in [4.69, 9.17) is 0 Å². The van der Waals surface area contributed by atoms with E-state index in [0.717, 1.165) is 5.92 Å². The predicted molar refractivity (Wildman–Crippen MR) is 83.5 cm³/mol. The van der Waals surface area contributed by atoms with Crippen LogP contribution in [0.25, 0.3) is 0 Å². The monoisotopic (exact) mass is 259 g/mol. The third-order valence-corrected chi connectivity index (χ3v) is 4.66. The molecule has 1 atom stereocenters. The van der Waals surface area contributed by atoms with E-state index in [0.29, 0.717) is 6.04 Å². The molecule has 106 valence electrons. The molecule has 0 radical (unpaired) electrons. The summed E-state index contributed by atoms with van der Waals surface area (Å²) in [7, 11) is 2.11. The van der Waals surface area contributed by atoms with Gasteiger partial charge in [0.1, 0.15) is 0 Å². The molecule has 1 aliphatic rings. The fourth-order valence-electron chi connectivity index (χ4n) is 3.27. The predicted octanol–water partition coefficient (Wildman–Crippen LogP) is 4.49. The molecule has 0 saturated heterocycles. The smallest absolute Gasteiger partial charge is 0.0105 e. The third-order valence-electron chi connectivity index (χ3n) is 4.66. The highest BCUT2D eigenvalue weighted by Gasteiger charge is 2.15. The number of likely N-dealkylation sites (N-methyl/N-ethyl adjacent to an activating group) is 1. The molecular weight excluding hydrogens is 230 g/mol. The van der Waals surface area contributed by atoms with Gasteiger partial charge in [-0.15, -0.1) is 0 Å². The largest absolute Gasteiger partial charge is 0.317 e. The second kappa shape index (κ2) is 7.69. The molecule has 1 N–H and O–H groups in total. The van der Waals surface area contributed by atoms with Gasteiger partial charge in [0.15, 0.2) is 0 Å². The second-order valence-corrected chi connectivity index (χ2v) is 6.26. The van der Waals surface area contributed by atoms with Crippen molar-refractivity contribution >= 4 is 0 Å². The molecule has 0 bridgehead atoms. The van der Waals surface area contributed by atoms with E-state index in [1.165, 1.54) is 62.5 Å². The molecule has 1 aliphatic carbocycles. The molecule has 19 heavy (non-hydrogen) atoms. The summed E-state index contributed by atoms with van der Waals surface area (Å²) in [6, 6.07) is 9.65. The van der Waals surface area contributed by atoms with Crippen LogP contribution in [0.4, 0.5) is 0 Å². The second-order valence-electron chi connectivity index (χ2n) is 6.26. The van der Waals surface area contributed by atoms with E-state index in [2.05, 4.69) is 43.6 Å². The van der Waals surface area contributed by atoms with E-state index < -0.39 is 0 Å². The Bertz CT molecular complexity index is 348. The molecule has 1 fully saturated rings. The number of hydrogen-bond acceptors (Lipinski definition) is 1. The molecule has 1 aromatic carbocycles. The zero-order valence-electron chi connectivity index (χ0n) is 12.6. The van der Waals surface area contributed by atoms with E-state index in [1.54, 1.807) is 0 Å². The summed E-state index contributed by atoms with van der Waals surface area (Å²) in [5.74, 6) is 1.00. The molecule has 1 heteroatoms. The lowest BCUT2D eigenvalue weighted by Gasteiger charge is -2.24. The van der Waals surface area contributed by atoms with E-state index >= 15 is 0 Å². The Morgan fingerprint density at radius 3 is 2.42 bits per heavy atom. The van der Waals surface area contributed by atoms with Gasteiger partial charge in [-0.3, -0.25) is 0 Å². The van der Waals surface area contributed by atoms with Crippen molar-refractivity contribution in [3.05, 3.63) is 35.4 Å². The molecule has 0 amide bonds. The highest BCUT2D eigenvalue weighted by molar-refractivity contribution is 5.22. The zero-order valence-corrected chi connectivity index (χ0v) is 12.6. The first-order chi connectivity index (χ1) is 9.28. The normalized spacial score (nSPS) is 18.4. The molecule has 0 aliphatic heterocycles. The van der Waals surface area contributed by atoms with Crippen LogP contribution in [-0.4, -0.2) is 13.1 Å². The van der Waals surface area contributed by atoms with Gasteiger partial charge in [0, 0.05) is 6.04 Å². The van der Waals surface area contributed by atoms with Crippen molar-refractivity contribution in [3.63, 3.8) is 0 Å². The van der Waals surface area contributed by atoms with Crippen molar-refractivity contribution in [3.8, 4) is 0 Å². The van der Waals surface area contributed by atoms with Crippen molar-refractivity contribution in [2.75, 3.05) is 7.05 Å². The Hall–Kier alpha value is -0.820. The summed E-state index contributed by atoms with van der Waals surface area (Å²) < 4.78 is 0. The fraction of sp³-hybridized carbons (Fsp3) is 0.667. The van der Waals surface area contributed by atoms with Gasteiger partial charge in [-0.1, -0.05) is 61.9 Å². The van der Waals surface area contributed by atoms with Gasteiger partial charge in [-0.2, -0.15) is 0 Å². The molecule has 1 nitrogen and oxygen atoms in total. The van der Waals surface area contributed by atoms with Crippen molar-refractivity contribution in [1.29, 1.82) is 0 Å². The first-order valence-electron chi connectivity index (χ1n) is 8.00. The molecule has 1 unspecified atom stereocenters. The average Bonchev–Trinajstić information content (AvgIpc) is 2.46. The minimum atomic E-state index is 0.643. The van der Waals surface area contributed by atoms with Crippen LogP contribution in [0.2, 0.25) is 0 Å². The van der Waals surface area contributed by atoms with Gasteiger partial charge >= 0.3 is 0 Å². The van der Waals surface area contributed by atoms with Crippen LogP contribution in [0.1, 0.15) is 56.1 Å². The first-order valence-corrected chi connectivity index (χ1v) is 8.00. The standard InChI is InChI=1S/C18H29N/c1-15-8-10-17(11-9-15)14-18(19-2)13-12-16-6-4-3-5-7-16/h8-11,16,18-19H,3-7,12-14H2,1-2H3. The van der Waals surface area contributed by atoms with Crippen LogP contribution in [0.5, 0.6) is 0 Å². The topological polar surface area (TPSA) is 12.0 Å². The SMILES string of the molecule is CNC(CCC1CCCCC1)Cc1ccc(C)cc1. The van der Waals surface area contributed by atoms with Crippen LogP contribution in [0.3, 0.4) is 0 Å². The molecule has 2 rings (SSSR count). The Labute approximate surface area is 118 Å². The zero-order chi connectivity index (χ0) is 13.5. The lowest BCUT2D eigenvalue weighted by molar-refractivity contribution is 0.316. The van der Waals surface area contributed by atoms with E-state index in [9.17, 15) is 0 Å². The van der Waals surface area contributed by atoms with Crippen LogP contribution in [0, 0.1) is 12.8 Å². The number of rotatable bonds is 6. The lowest BCUT2D eigenvalue weighted by atomic mass is 9.84. The minimum absolute atomic E-state index is 0.643. The van der Waals surface area contributed by atoms with Crippen molar-refractivity contribution in [2.45, 2.75) is 64.3 Å². The maximum Gasteiger partial charge on any atom is 0.0105 e. The van der Waals surface area contributed by atoms with Crippen LogP contribution < -0.4 is 5.32 Å². The summed E-state index contributed by atoms with van der Waals surface area (Å²) in [4.78, 5) is 0. The average molecular weight is 259 g/mol. The lowest BCUT2D eigenvalue weighted by Crippen LogP contribution is -2.28. The van der Waals surface area contributed by atoms with Gasteiger partial charge < -0.3 is 5.32 Å². The van der Waals surface area contributed by atoms with Crippen LogP contribution in [-0.2, 0) is 6.42 Å². The third kappa shape index (κ3) is 4.99. The number of aryl methyl sites for hydroxylation is 1. The summed E-state index contributed by atoms with van der Waals surface area (Å²) in [5.41, 5.74) is 2.82. The molecule has 1 saturated carbocycles. The molecule has 1 aromatic rings. The number of nitrogens with one attached hydrogen (secondary N) is 1. The first kappa shape index (κ1) is 14.6. The van der Waals surface area contributed by atoms with Gasteiger partial charge in [0.25, 0.3) is 0 Å². The summed E-state index contributed by atoms with van der Waals surface area (Å²) in [6.07, 6.45) is 11.3. The van der Waals surface area contributed by atoms with E-state index in [-0.39, 0.29) is 0 Å². The summed E-state index contributed by atoms with van der Waals surface area (Å²) >= 11 is 0. The van der Waals surface area contributed by atoms with Crippen molar-refractivity contribution in [1.82, 2.24) is 5.32 Å². The molecule has 0 aromatic heterocycles. The Balaban J connectivity index is 1.77. The fourth-order valence-corrected chi connectivity index (χ4v) is 3.27. The van der Waals surface area contributed by atoms with Gasteiger partial charge in [-0.05, 0) is 44.7 Å². The molecule has 0 spiro atoms. The number of benzene rings is 1. The molecule has 0 heterocycles. The highest BCUT2D eigenvalue weighted by atomic mass is 14.9. The number of hydrogen-bond donors (Lipinski definition) is 1. The highest BCUT2D eigenvalue weighted by Crippen LogP contribution is 2.28. The van der Waals surface area contributed by atoms with E-state index in [1.807, 2.05) is 0 Å². The van der Waals surface area contributed by atoms with Crippen molar-refractivity contribution in [2.24, 2.45) is 5.92 Å². The van der Waals surface area contributed by atoms with Crippen molar-refractivity contribution < 1.29 is 0 Å². The Morgan fingerprint density at radius 2 is 1.79 bits per heavy atom. The van der Waals surface area contributed by atoms with Crippen LogP contribution >= 0.6 is 0 Å². The summed E-state index contributed by atoms with van der Waals surface area (Å²) in [5, 5.41) is 3.50. The van der Waals surface area contributed by atoms with Gasteiger partial charge in [-0.25, -0.2) is 0 Å². The maximum absolute atomic E-state index is 3.50. The van der Waals surface area contributed by atoms with Crippen LogP contribution in [0.15, 0.2) is 24.3 Å². The Kier molecular flexibility index (Phi) is 5.91. The minimum Gasteiger partial charge on any atom is -0.317 e. The quantitative estimate of drug-likeness (QED) is 0.794. The Morgan fingerprint density at radius 1 is 1.11 bits per heavy atom. The maximum atomic E-state index is 3.50. The molecular formula is C18H29N. The summed E-state index contributed by atoms with van der Waals surface area (Å²) in [6.45, 7) is 2.16.